The number of nitrogens with zero attached hydrogens (tertiary/aromatic N) is 2. The molecule has 0 spiro atoms. The lowest BCUT2D eigenvalue weighted by atomic mass is 9.84. The van der Waals surface area contributed by atoms with Crippen molar-refractivity contribution in [1.29, 1.82) is 10.5 Å². The topological polar surface area (TPSA) is 116 Å². The third-order valence-corrected chi connectivity index (χ3v) is 8.13. The zero-order chi connectivity index (χ0) is 25.4. The Morgan fingerprint density at radius 3 is 1.11 bits per heavy atom. The predicted molar refractivity (Wildman–Crippen MR) is 137 cm³/mol. The highest BCUT2D eigenvalue weighted by Crippen LogP contribution is 2.26. The molecule has 0 radical (unpaired) electrons. The molecule has 0 aromatic heterocycles. The van der Waals surface area contributed by atoms with Crippen molar-refractivity contribution in [1.82, 2.24) is 0 Å². The quantitative estimate of drug-likeness (QED) is 0.298. The molecule has 0 fully saturated rings. The first kappa shape index (κ1) is 23.0. The van der Waals surface area contributed by atoms with Gasteiger partial charge < -0.3 is 0 Å². The van der Waals surface area contributed by atoms with Gasteiger partial charge in [-0.05, 0) is 0 Å². The van der Waals surface area contributed by atoms with Crippen molar-refractivity contribution >= 4 is 45.0 Å². The highest BCUT2D eigenvalue weighted by atomic mass is 32.1. The molecule has 0 atom stereocenters. The lowest BCUT2D eigenvalue weighted by Gasteiger charge is -2.16. The van der Waals surface area contributed by atoms with Crippen LogP contribution >= 0.6 is 22.7 Å². The first-order valence-corrected chi connectivity index (χ1v) is 12.2. The molecule has 0 amide bonds. The molecule has 6 nitrogen and oxygen atoms in total. The van der Waals surface area contributed by atoms with E-state index in [2.05, 4.69) is 0 Å². The maximum atomic E-state index is 12.4. The summed E-state index contributed by atoms with van der Waals surface area (Å²) in [6, 6.07) is 24.3. The smallest absolute Gasteiger partial charge is 0.205 e. The lowest BCUT2D eigenvalue weighted by molar-refractivity contribution is 0.0979. The van der Waals surface area contributed by atoms with Gasteiger partial charge in [-0.3, -0.25) is 19.2 Å². The molecule has 1 heterocycles. The Bertz CT molecular complexity index is 1820. The molecular weight excluding hydrogens is 492 g/mol. The number of rotatable bonds is 0. The molecule has 0 N–H and O–H groups in total. The third kappa shape index (κ3) is 3.62. The number of fused-ring (bicyclic) bond motifs is 3. The maximum Gasteiger partial charge on any atom is 0.205 e. The van der Waals surface area contributed by atoms with Gasteiger partial charge >= 0.3 is 0 Å². The standard InChI is InChI=1S/C14H4N2O2S2.C14H8O2/c15-5-9-10(6-16)20-14-12(18)8-4-2-1-3-7(8)11(17)13(14)19-9;15-13-9-5-1-2-6-10(9)14(16)12-8-4-3-7-11(12)13/h1-4H;1-8H. The van der Waals surface area contributed by atoms with Crippen LogP contribution in [0.15, 0.2) is 82.4 Å². The third-order valence-electron chi connectivity index (χ3n) is 5.69. The molecule has 1 aliphatic heterocycles. The fourth-order valence-corrected chi connectivity index (χ4v) is 6.06. The Balaban J connectivity index is 0.000000152. The Hall–Kier alpha value is -4.76. The Morgan fingerprint density at radius 1 is 0.500 bits per heavy atom. The zero-order valence-corrected chi connectivity index (χ0v) is 19.9. The number of hydrogen-bond donors (Lipinski definition) is 0. The monoisotopic (exact) mass is 504 g/mol. The van der Waals surface area contributed by atoms with Crippen molar-refractivity contribution in [2.24, 2.45) is 0 Å². The summed E-state index contributed by atoms with van der Waals surface area (Å²) in [6.07, 6.45) is 0. The van der Waals surface area contributed by atoms with Crippen LogP contribution in [0.25, 0.3) is 10.8 Å². The molecule has 0 unspecified atom stereocenters. The average Bonchev–Trinajstić information content (AvgIpc) is 2.94. The SMILES string of the molecule is N#Cc1sc2c(=O)c3ccccc3c(=O)c=2sc1C#N.O=C1c2ccccc2C(=O)c2ccccc21. The van der Waals surface area contributed by atoms with Crippen LogP contribution in [0.5, 0.6) is 0 Å². The maximum absolute atomic E-state index is 12.4. The molecule has 3 aliphatic rings. The molecule has 0 saturated carbocycles. The van der Waals surface area contributed by atoms with E-state index in [0.717, 1.165) is 22.7 Å². The second-order valence-electron chi connectivity index (χ2n) is 7.70. The lowest BCUT2D eigenvalue weighted by Crippen LogP contribution is -2.20. The van der Waals surface area contributed by atoms with Gasteiger partial charge in [0.05, 0.1) is 9.06 Å². The Morgan fingerprint density at radius 2 is 0.806 bits per heavy atom. The largest absolute Gasteiger partial charge is 0.289 e. The van der Waals surface area contributed by atoms with E-state index in [-0.39, 0.29) is 41.2 Å². The molecule has 3 aromatic rings. The van der Waals surface area contributed by atoms with Crippen LogP contribution in [0.2, 0.25) is 0 Å². The number of hydrogen-bond acceptors (Lipinski definition) is 8. The van der Waals surface area contributed by atoms with Gasteiger partial charge in [0, 0.05) is 33.0 Å². The summed E-state index contributed by atoms with van der Waals surface area (Å²) in [5.41, 5.74) is 1.49. The zero-order valence-electron chi connectivity index (χ0n) is 18.3. The number of ketones is 2. The second kappa shape index (κ2) is 9.12. The normalized spacial score (nSPS) is 11.6. The van der Waals surface area contributed by atoms with E-state index in [1.165, 1.54) is 0 Å². The second-order valence-corrected chi connectivity index (χ2v) is 9.74. The van der Waals surface area contributed by atoms with E-state index >= 15 is 0 Å². The molecule has 6 rings (SSSR count). The van der Waals surface area contributed by atoms with Crippen LogP contribution in [0, 0.1) is 31.7 Å². The van der Waals surface area contributed by atoms with E-state index in [4.69, 9.17) is 10.5 Å². The molecule has 0 bridgehead atoms. The van der Waals surface area contributed by atoms with Crippen LogP contribution in [0.3, 0.4) is 0 Å². The van der Waals surface area contributed by atoms with Crippen molar-refractivity contribution in [3.05, 3.63) is 134 Å². The van der Waals surface area contributed by atoms with Crippen molar-refractivity contribution in [3.8, 4) is 12.1 Å². The van der Waals surface area contributed by atoms with Gasteiger partial charge in [-0.25, -0.2) is 0 Å². The Labute approximate surface area is 211 Å². The summed E-state index contributed by atoms with van der Waals surface area (Å²) >= 11 is 1.82. The molecule has 8 heteroatoms. The van der Waals surface area contributed by atoms with Gasteiger partial charge in [0.2, 0.25) is 10.9 Å². The summed E-state index contributed by atoms with van der Waals surface area (Å²) in [7, 11) is 0. The summed E-state index contributed by atoms with van der Waals surface area (Å²) in [5.74, 6) is -0.128. The van der Waals surface area contributed by atoms with Crippen molar-refractivity contribution in [3.63, 3.8) is 0 Å². The predicted octanol–water partition coefficient (Wildman–Crippen LogP) is 4.61. The van der Waals surface area contributed by atoms with Crippen LogP contribution in [-0.2, 0) is 0 Å². The summed E-state index contributed by atoms with van der Waals surface area (Å²) < 4.78 is 0.489. The van der Waals surface area contributed by atoms with E-state index in [1.807, 2.05) is 12.1 Å². The highest BCUT2D eigenvalue weighted by Gasteiger charge is 2.28. The van der Waals surface area contributed by atoms with Crippen molar-refractivity contribution < 1.29 is 9.59 Å². The van der Waals surface area contributed by atoms with Crippen molar-refractivity contribution in [2.45, 2.75) is 0 Å². The Kier molecular flexibility index (Phi) is 5.83. The summed E-state index contributed by atoms with van der Waals surface area (Å²) in [5, 5.41) is 18.7. The highest BCUT2D eigenvalue weighted by molar-refractivity contribution is 7.18. The van der Waals surface area contributed by atoms with Gasteiger partial charge in [0.1, 0.15) is 21.9 Å². The minimum absolute atomic E-state index is 0.0641. The molecular formula is C28H12N2O4S2. The fraction of sp³-hybridized carbons (Fsp3) is 0. The molecule has 170 valence electrons. The van der Waals surface area contributed by atoms with Crippen LogP contribution in [0.1, 0.15) is 41.6 Å². The van der Waals surface area contributed by atoms with Gasteiger partial charge in [-0.2, -0.15) is 10.5 Å². The van der Waals surface area contributed by atoms with Gasteiger partial charge in [0.25, 0.3) is 0 Å². The number of carbonyl (C=O) groups is 2. The van der Waals surface area contributed by atoms with E-state index in [9.17, 15) is 19.2 Å². The minimum Gasteiger partial charge on any atom is -0.289 e. The first-order valence-electron chi connectivity index (χ1n) is 10.6. The van der Waals surface area contributed by atoms with Crippen LogP contribution in [0.4, 0.5) is 0 Å². The molecule has 3 aromatic carbocycles. The summed E-state index contributed by atoms with van der Waals surface area (Å²) in [6.45, 7) is 0. The van der Waals surface area contributed by atoms with E-state index in [0.29, 0.717) is 33.0 Å². The van der Waals surface area contributed by atoms with E-state index in [1.54, 1.807) is 72.8 Å². The molecule has 36 heavy (non-hydrogen) atoms. The van der Waals surface area contributed by atoms with Gasteiger partial charge in [-0.15, -0.1) is 22.7 Å². The van der Waals surface area contributed by atoms with E-state index < -0.39 is 0 Å². The number of nitriles is 2. The first-order chi connectivity index (χ1) is 17.5. The summed E-state index contributed by atoms with van der Waals surface area (Å²) in [4.78, 5) is 49.3. The molecule has 0 saturated heterocycles. The van der Waals surface area contributed by atoms with Gasteiger partial charge in [0.15, 0.2) is 11.6 Å². The van der Waals surface area contributed by atoms with Crippen LogP contribution < -0.4 is 10.9 Å². The number of carbonyl (C=O) groups excluding carboxylic acids is 2. The number of benzene rings is 3. The van der Waals surface area contributed by atoms with Crippen molar-refractivity contribution in [2.75, 3.05) is 0 Å². The van der Waals surface area contributed by atoms with Crippen LogP contribution in [-0.4, -0.2) is 11.6 Å². The van der Waals surface area contributed by atoms with Gasteiger partial charge in [-0.1, -0.05) is 72.8 Å². The average molecular weight is 505 g/mol. The minimum atomic E-state index is -0.266. The fourth-order valence-electron chi connectivity index (χ4n) is 4.01. The molecule has 2 aliphatic carbocycles.